The zero-order valence-corrected chi connectivity index (χ0v) is 10.7. The topological polar surface area (TPSA) is 80.3 Å². The molecule has 0 spiro atoms. The molecule has 3 N–H and O–H groups in total. The van der Waals surface area contributed by atoms with Gasteiger partial charge < -0.3 is 20.5 Å². The van der Waals surface area contributed by atoms with Gasteiger partial charge in [0.2, 0.25) is 6.79 Å². The van der Waals surface area contributed by atoms with Gasteiger partial charge in [0, 0.05) is 6.54 Å². The molecule has 5 nitrogen and oxygen atoms in total. The van der Waals surface area contributed by atoms with Gasteiger partial charge in [-0.05, 0) is 35.9 Å². The van der Waals surface area contributed by atoms with Crippen LogP contribution in [0.1, 0.15) is 11.1 Å². The fourth-order valence-electron chi connectivity index (χ4n) is 2.04. The minimum Gasteiger partial charge on any atom is -0.454 e. The first-order valence-corrected chi connectivity index (χ1v) is 6.18. The van der Waals surface area contributed by atoms with E-state index in [0.717, 1.165) is 22.7 Å². The lowest BCUT2D eigenvalue weighted by molar-refractivity contribution is 0.174. The van der Waals surface area contributed by atoms with Gasteiger partial charge >= 0.3 is 0 Å². The third kappa shape index (κ3) is 2.31. The van der Waals surface area contributed by atoms with Crippen molar-refractivity contribution >= 4 is 11.4 Å². The van der Waals surface area contributed by atoms with E-state index in [1.807, 2.05) is 18.2 Å². The predicted molar refractivity (Wildman–Crippen MR) is 75.5 cm³/mol. The Balaban J connectivity index is 1.72. The van der Waals surface area contributed by atoms with Gasteiger partial charge in [0.05, 0.1) is 23.0 Å². The van der Waals surface area contributed by atoms with Crippen molar-refractivity contribution in [3.63, 3.8) is 0 Å². The Kier molecular flexibility index (Phi) is 3.05. The number of fused-ring (bicyclic) bond motifs is 1. The van der Waals surface area contributed by atoms with Crippen LogP contribution >= 0.6 is 0 Å². The fraction of sp³-hybridized carbons (Fsp3) is 0.133. The molecule has 1 heterocycles. The van der Waals surface area contributed by atoms with E-state index in [1.165, 1.54) is 0 Å². The zero-order chi connectivity index (χ0) is 13.9. The number of hydrogen-bond donors (Lipinski definition) is 2. The van der Waals surface area contributed by atoms with Crippen molar-refractivity contribution in [3.05, 3.63) is 47.5 Å². The Morgan fingerprint density at radius 1 is 1.15 bits per heavy atom. The second-order valence-corrected chi connectivity index (χ2v) is 4.46. The lowest BCUT2D eigenvalue weighted by Crippen LogP contribution is -2.02. The molecule has 0 atom stereocenters. The van der Waals surface area contributed by atoms with Gasteiger partial charge in [-0.3, -0.25) is 0 Å². The summed E-state index contributed by atoms with van der Waals surface area (Å²) < 4.78 is 10.6. The third-order valence-corrected chi connectivity index (χ3v) is 3.10. The molecule has 0 aromatic heterocycles. The van der Waals surface area contributed by atoms with Crippen molar-refractivity contribution in [2.45, 2.75) is 6.54 Å². The first-order valence-electron chi connectivity index (χ1n) is 6.18. The monoisotopic (exact) mass is 267 g/mol. The molecule has 5 heteroatoms. The van der Waals surface area contributed by atoms with E-state index in [0.29, 0.717) is 17.8 Å². The molecule has 100 valence electrons. The van der Waals surface area contributed by atoms with E-state index in [9.17, 15) is 0 Å². The molecular weight excluding hydrogens is 254 g/mol. The molecule has 0 saturated carbocycles. The largest absolute Gasteiger partial charge is 0.454 e. The number of ether oxygens (including phenoxy) is 2. The maximum atomic E-state index is 8.80. The van der Waals surface area contributed by atoms with E-state index in [4.69, 9.17) is 20.5 Å². The van der Waals surface area contributed by atoms with Crippen LogP contribution < -0.4 is 20.5 Å². The highest BCUT2D eigenvalue weighted by molar-refractivity contribution is 5.68. The zero-order valence-electron chi connectivity index (χ0n) is 10.7. The maximum Gasteiger partial charge on any atom is 0.231 e. The molecule has 0 amide bonds. The van der Waals surface area contributed by atoms with Crippen molar-refractivity contribution in [3.8, 4) is 17.6 Å². The minimum atomic E-state index is 0.273. The van der Waals surface area contributed by atoms with Gasteiger partial charge in [-0.25, -0.2) is 0 Å². The summed E-state index contributed by atoms with van der Waals surface area (Å²) in [6, 6.07) is 13.1. The van der Waals surface area contributed by atoms with E-state index in [1.54, 1.807) is 18.2 Å². The fourth-order valence-corrected chi connectivity index (χ4v) is 2.04. The van der Waals surface area contributed by atoms with E-state index < -0.39 is 0 Å². The highest BCUT2D eigenvalue weighted by Crippen LogP contribution is 2.32. The molecule has 0 bridgehead atoms. The van der Waals surface area contributed by atoms with Gasteiger partial charge in [0.15, 0.2) is 11.5 Å². The van der Waals surface area contributed by atoms with Crippen LogP contribution in [0.2, 0.25) is 0 Å². The van der Waals surface area contributed by atoms with Crippen LogP contribution in [0.5, 0.6) is 11.5 Å². The lowest BCUT2D eigenvalue weighted by Gasteiger charge is -2.10. The predicted octanol–water partition coefficient (Wildman–Crippen LogP) is 2.48. The number of anilines is 2. The Labute approximate surface area is 116 Å². The molecule has 0 aliphatic carbocycles. The Morgan fingerprint density at radius 2 is 2.00 bits per heavy atom. The molecule has 20 heavy (non-hydrogen) atoms. The summed E-state index contributed by atoms with van der Waals surface area (Å²) in [6.07, 6.45) is 0. The molecule has 0 radical (unpaired) electrons. The number of nitriles is 1. The average molecular weight is 267 g/mol. The van der Waals surface area contributed by atoms with Gasteiger partial charge in [0.1, 0.15) is 0 Å². The van der Waals surface area contributed by atoms with Crippen molar-refractivity contribution in [1.82, 2.24) is 0 Å². The second-order valence-electron chi connectivity index (χ2n) is 4.46. The number of hydrogen-bond acceptors (Lipinski definition) is 5. The van der Waals surface area contributed by atoms with Crippen LogP contribution in [-0.4, -0.2) is 6.79 Å². The normalized spacial score (nSPS) is 11.9. The van der Waals surface area contributed by atoms with Gasteiger partial charge in [-0.1, -0.05) is 6.07 Å². The molecule has 1 aliphatic heterocycles. The molecular formula is C15H13N3O2. The standard InChI is InChI=1S/C15H13N3O2/c16-7-10-1-3-13(12(17)5-10)18-8-11-2-4-14-15(6-11)20-9-19-14/h1-6,18H,8-9,17H2. The number of nitrogens with one attached hydrogen (secondary N) is 1. The van der Waals surface area contributed by atoms with E-state index in [2.05, 4.69) is 11.4 Å². The van der Waals surface area contributed by atoms with Gasteiger partial charge in [-0.2, -0.15) is 5.26 Å². The van der Waals surface area contributed by atoms with Crippen LogP contribution in [0.4, 0.5) is 11.4 Å². The summed E-state index contributed by atoms with van der Waals surface area (Å²) in [7, 11) is 0. The van der Waals surface area contributed by atoms with Crippen LogP contribution in [0.15, 0.2) is 36.4 Å². The molecule has 3 rings (SSSR count). The summed E-state index contributed by atoms with van der Waals surface area (Å²) in [5, 5.41) is 12.0. The Hall–Kier alpha value is -2.87. The molecule has 0 unspecified atom stereocenters. The number of rotatable bonds is 3. The minimum absolute atomic E-state index is 0.273. The smallest absolute Gasteiger partial charge is 0.231 e. The quantitative estimate of drug-likeness (QED) is 0.835. The molecule has 0 saturated heterocycles. The van der Waals surface area contributed by atoms with Crippen molar-refractivity contribution in [1.29, 1.82) is 5.26 Å². The Morgan fingerprint density at radius 3 is 2.80 bits per heavy atom. The number of nitrogens with two attached hydrogens (primary N) is 1. The van der Waals surface area contributed by atoms with Crippen LogP contribution in [0.25, 0.3) is 0 Å². The first-order chi connectivity index (χ1) is 9.76. The Bertz CT molecular complexity index is 692. The second kappa shape index (κ2) is 5.02. The number of benzene rings is 2. The van der Waals surface area contributed by atoms with Crippen molar-refractivity contribution < 1.29 is 9.47 Å². The van der Waals surface area contributed by atoms with Gasteiger partial charge in [-0.15, -0.1) is 0 Å². The molecule has 0 fully saturated rings. The van der Waals surface area contributed by atoms with Crippen LogP contribution in [0.3, 0.4) is 0 Å². The summed E-state index contributed by atoms with van der Waals surface area (Å²) in [5.41, 5.74) is 8.88. The highest BCUT2D eigenvalue weighted by atomic mass is 16.7. The summed E-state index contributed by atoms with van der Waals surface area (Å²) >= 11 is 0. The highest BCUT2D eigenvalue weighted by Gasteiger charge is 2.13. The molecule has 2 aromatic rings. The third-order valence-electron chi connectivity index (χ3n) is 3.10. The first kappa shape index (κ1) is 12.2. The molecule has 1 aliphatic rings. The van der Waals surface area contributed by atoms with Crippen LogP contribution in [-0.2, 0) is 6.54 Å². The molecule has 2 aromatic carbocycles. The SMILES string of the molecule is N#Cc1ccc(NCc2ccc3c(c2)OCO3)c(N)c1. The number of nitrogen functional groups attached to an aromatic ring is 1. The maximum absolute atomic E-state index is 8.80. The van der Waals surface area contributed by atoms with E-state index in [-0.39, 0.29) is 6.79 Å². The summed E-state index contributed by atoms with van der Waals surface area (Å²) in [6.45, 7) is 0.890. The van der Waals surface area contributed by atoms with Crippen LogP contribution in [0, 0.1) is 11.3 Å². The average Bonchev–Trinajstić information content (AvgIpc) is 2.93. The van der Waals surface area contributed by atoms with Gasteiger partial charge in [0.25, 0.3) is 0 Å². The lowest BCUT2D eigenvalue weighted by atomic mass is 10.1. The van der Waals surface area contributed by atoms with E-state index >= 15 is 0 Å². The summed E-state index contributed by atoms with van der Waals surface area (Å²) in [5.74, 6) is 1.53. The van der Waals surface area contributed by atoms with Crippen molar-refractivity contribution in [2.75, 3.05) is 17.8 Å². The van der Waals surface area contributed by atoms with Crippen molar-refractivity contribution in [2.24, 2.45) is 0 Å². The summed E-state index contributed by atoms with van der Waals surface area (Å²) in [4.78, 5) is 0. The number of nitrogens with zero attached hydrogens (tertiary/aromatic N) is 1.